The summed E-state index contributed by atoms with van der Waals surface area (Å²) in [7, 11) is 1.67. The highest BCUT2D eigenvalue weighted by Gasteiger charge is 2.14. The number of halogens is 1. The Kier molecular flexibility index (Phi) is 4.95. The molecule has 124 valence electrons. The number of hydrogen-bond donors (Lipinski definition) is 1. The highest BCUT2D eigenvalue weighted by atomic mass is 32.2. The average molecular weight is 346 g/mol. The molecular weight excluding hydrogens is 331 g/mol. The van der Waals surface area contributed by atoms with Crippen LogP contribution in [0.15, 0.2) is 52.2 Å². The van der Waals surface area contributed by atoms with E-state index in [0.29, 0.717) is 17.7 Å². The second kappa shape index (κ2) is 7.31. The van der Waals surface area contributed by atoms with Crippen LogP contribution in [0, 0.1) is 5.82 Å². The zero-order valence-electron chi connectivity index (χ0n) is 12.9. The Labute approximate surface area is 142 Å². The second-order valence-corrected chi connectivity index (χ2v) is 6.05. The zero-order chi connectivity index (χ0) is 16.9. The van der Waals surface area contributed by atoms with E-state index in [2.05, 4.69) is 15.2 Å². The zero-order valence-corrected chi connectivity index (χ0v) is 13.7. The summed E-state index contributed by atoms with van der Waals surface area (Å²) in [4.78, 5) is 16.7. The summed E-state index contributed by atoms with van der Waals surface area (Å²) < 4.78 is 18.7. The molecule has 0 aliphatic heterocycles. The number of aromatic nitrogens is 3. The molecule has 1 amide bonds. The maximum atomic E-state index is 13.2. The molecule has 3 rings (SSSR count). The first-order valence-corrected chi connectivity index (χ1v) is 8.19. The third kappa shape index (κ3) is 4.02. The van der Waals surface area contributed by atoms with E-state index in [-0.39, 0.29) is 17.5 Å². The van der Waals surface area contributed by atoms with Gasteiger partial charge in [-0.2, -0.15) is 0 Å². The van der Waals surface area contributed by atoms with Gasteiger partial charge >= 0.3 is 0 Å². The molecule has 0 bridgehead atoms. The van der Waals surface area contributed by atoms with Crippen molar-refractivity contribution in [3.8, 4) is 11.6 Å². The predicted octanol–water partition coefficient (Wildman–Crippen LogP) is 2.95. The average Bonchev–Trinajstić information content (AvgIpc) is 3.23. The smallest absolute Gasteiger partial charge is 0.277 e. The van der Waals surface area contributed by atoms with E-state index < -0.39 is 0 Å². The van der Waals surface area contributed by atoms with E-state index in [1.807, 2.05) is 12.1 Å². The molecule has 1 aromatic carbocycles. The lowest BCUT2D eigenvalue weighted by molar-refractivity contribution is -0.127. The summed E-state index contributed by atoms with van der Waals surface area (Å²) in [6, 6.07) is 9.84. The Hall–Kier alpha value is -2.61. The van der Waals surface area contributed by atoms with Gasteiger partial charge in [-0.15, -0.1) is 10.2 Å². The molecule has 2 heterocycles. The van der Waals surface area contributed by atoms with Gasteiger partial charge in [0.25, 0.3) is 11.1 Å². The lowest BCUT2D eigenvalue weighted by atomic mass is 10.2. The molecular formula is C16H15FN4O2S. The van der Waals surface area contributed by atoms with Crippen molar-refractivity contribution in [3.63, 3.8) is 0 Å². The van der Waals surface area contributed by atoms with Crippen LogP contribution in [-0.4, -0.2) is 38.8 Å². The van der Waals surface area contributed by atoms with Crippen LogP contribution < -0.4 is 0 Å². The molecule has 8 heteroatoms. The number of carbonyl (C=O) groups excluding carboxylic acids is 1. The van der Waals surface area contributed by atoms with E-state index in [9.17, 15) is 9.18 Å². The number of benzene rings is 1. The summed E-state index contributed by atoms with van der Waals surface area (Å²) in [6.45, 7) is 0.342. The van der Waals surface area contributed by atoms with Gasteiger partial charge in [-0.3, -0.25) is 4.79 Å². The Bertz CT molecular complexity index is 819. The van der Waals surface area contributed by atoms with E-state index in [4.69, 9.17) is 4.42 Å². The Morgan fingerprint density at radius 2 is 2.21 bits per heavy atom. The summed E-state index contributed by atoms with van der Waals surface area (Å²) in [5.41, 5.74) is 1.46. The minimum atomic E-state index is -0.314. The van der Waals surface area contributed by atoms with Crippen LogP contribution in [0.2, 0.25) is 0 Å². The van der Waals surface area contributed by atoms with Crippen molar-refractivity contribution in [2.75, 3.05) is 12.8 Å². The maximum Gasteiger partial charge on any atom is 0.277 e. The fraction of sp³-hybridized carbons (Fsp3) is 0.188. The SMILES string of the molecule is CN(Cc1cccc(F)c1)C(=O)CSc1nnc(-c2ccc[nH]2)o1. The van der Waals surface area contributed by atoms with Gasteiger partial charge in [0.15, 0.2) is 0 Å². The molecule has 0 aliphatic rings. The highest BCUT2D eigenvalue weighted by Crippen LogP contribution is 2.22. The van der Waals surface area contributed by atoms with Gasteiger partial charge in [0.1, 0.15) is 11.5 Å². The van der Waals surface area contributed by atoms with Crippen molar-refractivity contribution >= 4 is 17.7 Å². The number of amides is 1. The number of aromatic amines is 1. The third-order valence-corrected chi connectivity index (χ3v) is 4.09. The number of rotatable bonds is 6. The van der Waals surface area contributed by atoms with Crippen LogP contribution in [0.1, 0.15) is 5.56 Å². The van der Waals surface area contributed by atoms with Gasteiger partial charge in [-0.05, 0) is 29.8 Å². The third-order valence-electron chi connectivity index (χ3n) is 3.29. The molecule has 6 nitrogen and oxygen atoms in total. The summed E-state index contributed by atoms with van der Waals surface area (Å²) in [5, 5.41) is 8.15. The van der Waals surface area contributed by atoms with Gasteiger partial charge in [0, 0.05) is 19.8 Å². The van der Waals surface area contributed by atoms with E-state index in [1.165, 1.54) is 28.8 Å². The van der Waals surface area contributed by atoms with Crippen LogP contribution in [0.4, 0.5) is 4.39 Å². The molecule has 0 saturated heterocycles. The van der Waals surface area contributed by atoms with Crippen molar-refractivity contribution in [1.29, 1.82) is 0 Å². The van der Waals surface area contributed by atoms with Crippen molar-refractivity contribution in [2.24, 2.45) is 0 Å². The fourth-order valence-corrected chi connectivity index (χ4v) is 2.78. The number of thioether (sulfide) groups is 1. The molecule has 0 unspecified atom stereocenters. The van der Waals surface area contributed by atoms with Gasteiger partial charge in [0.05, 0.1) is 5.75 Å². The largest absolute Gasteiger partial charge is 0.410 e. The molecule has 0 atom stereocenters. The quantitative estimate of drug-likeness (QED) is 0.695. The molecule has 24 heavy (non-hydrogen) atoms. The molecule has 1 N–H and O–H groups in total. The number of nitrogens with one attached hydrogen (secondary N) is 1. The van der Waals surface area contributed by atoms with E-state index in [1.54, 1.807) is 25.4 Å². The Morgan fingerprint density at radius 3 is 2.96 bits per heavy atom. The van der Waals surface area contributed by atoms with Crippen LogP contribution >= 0.6 is 11.8 Å². The Balaban J connectivity index is 1.53. The monoisotopic (exact) mass is 346 g/mol. The highest BCUT2D eigenvalue weighted by molar-refractivity contribution is 7.99. The van der Waals surface area contributed by atoms with E-state index >= 15 is 0 Å². The summed E-state index contributed by atoms with van der Waals surface area (Å²) >= 11 is 1.17. The van der Waals surface area contributed by atoms with Crippen LogP contribution in [0.3, 0.4) is 0 Å². The lowest BCUT2D eigenvalue weighted by Gasteiger charge is -2.16. The van der Waals surface area contributed by atoms with Crippen LogP contribution in [0.5, 0.6) is 0 Å². The molecule has 2 aromatic heterocycles. The fourth-order valence-electron chi connectivity index (χ4n) is 2.07. The van der Waals surface area contributed by atoms with Crippen molar-refractivity contribution in [2.45, 2.75) is 11.8 Å². The van der Waals surface area contributed by atoms with Crippen molar-refractivity contribution < 1.29 is 13.6 Å². The first-order chi connectivity index (χ1) is 11.6. The van der Waals surface area contributed by atoms with Gasteiger partial charge in [-0.1, -0.05) is 23.9 Å². The van der Waals surface area contributed by atoms with Gasteiger partial charge in [-0.25, -0.2) is 4.39 Å². The van der Waals surface area contributed by atoms with Crippen molar-refractivity contribution in [1.82, 2.24) is 20.1 Å². The second-order valence-electron chi connectivity index (χ2n) is 5.13. The topological polar surface area (TPSA) is 75.0 Å². The van der Waals surface area contributed by atoms with Gasteiger partial charge < -0.3 is 14.3 Å². The lowest BCUT2D eigenvalue weighted by Crippen LogP contribution is -2.27. The summed E-state index contributed by atoms with van der Waals surface area (Å²) in [6.07, 6.45) is 1.76. The normalized spacial score (nSPS) is 10.8. The molecule has 0 fully saturated rings. The molecule has 0 aliphatic carbocycles. The number of carbonyl (C=O) groups is 1. The number of nitrogens with zero attached hydrogens (tertiary/aromatic N) is 3. The molecule has 3 aromatic rings. The van der Waals surface area contributed by atoms with Crippen LogP contribution in [0.25, 0.3) is 11.6 Å². The summed E-state index contributed by atoms with van der Waals surface area (Å²) in [5.74, 6) is 0.121. The Morgan fingerprint density at radius 1 is 1.33 bits per heavy atom. The first-order valence-electron chi connectivity index (χ1n) is 7.20. The van der Waals surface area contributed by atoms with E-state index in [0.717, 1.165) is 11.3 Å². The number of H-pyrrole nitrogens is 1. The minimum absolute atomic E-state index is 0.108. The molecule has 0 spiro atoms. The van der Waals surface area contributed by atoms with Crippen molar-refractivity contribution in [3.05, 3.63) is 54.0 Å². The van der Waals surface area contributed by atoms with Gasteiger partial charge in [0.2, 0.25) is 5.91 Å². The maximum absolute atomic E-state index is 13.2. The molecule has 0 saturated carbocycles. The minimum Gasteiger partial charge on any atom is -0.410 e. The molecule has 0 radical (unpaired) electrons. The van der Waals surface area contributed by atoms with Crippen LogP contribution in [-0.2, 0) is 11.3 Å². The standard InChI is InChI=1S/C16H15FN4O2S/c1-21(9-11-4-2-5-12(17)8-11)14(22)10-24-16-20-19-15(23-16)13-6-3-7-18-13/h2-8,18H,9-10H2,1H3. The first kappa shape index (κ1) is 16.3. The number of hydrogen-bond acceptors (Lipinski definition) is 5. The predicted molar refractivity (Wildman–Crippen MR) is 87.7 cm³/mol.